The van der Waals surface area contributed by atoms with E-state index < -0.39 is 0 Å². The van der Waals surface area contributed by atoms with Gasteiger partial charge in [-0.1, -0.05) is 42.5 Å². The smallest absolute Gasteiger partial charge is 0.193 e. The lowest BCUT2D eigenvalue weighted by Crippen LogP contribution is -2.13. The molecule has 0 amide bonds. The molecule has 0 aliphatic rings. The quantitative estimate of drug-likeness (QED) is 0.415. The number of pyridine rings is 2. The fourth-order valence-corrected chi connectivity index (χ4v) is 4.05. The molecule has 0 radical (unpaired) electrons. The third-order valence-corrected chi connectivity index (χ3v) is 5.59. The van der Waals surface area contributed by atoms with Crippen LogP contribution in [0.25, 0.3) is 27.3 Å². The molecule has 0 unspecified atom stereocenters. The van der Waals surface area contributed by atoms with Crippen LogP contribution in [0.2, 0.25) is 0 Å². The van der Waals surface area contributed by atoms with Crippen LogP contribution in [0.5, 0.6) is 0 Å². The number of para-hydroxylation sites is 2. The monoisotopic (exact) mass is 395 g/mol. The van der Waals surface area contributed by atoms with E-state index in [1.165, 1.54) is 0 Å². The molecule has 0 spiro atoms. The molecule has 1 N–H and O–H groups in total. The minimum atomic E-state index is -0.0594. The minimum Gasteiger partial charge on any atom is -0.341 e. The maximum atomic E-state index is 12.9. The molecule has 0 atom stereocenters. The highest BCUT2D eigenvalue weighted by Crippen LogP contribution is 2.28. The zero-order valence-corrected chi connectivity index (χ0v) is 16.3. The second kappa shape index (κ2) is 7.37. The molecule has 3 aromatic heterocycles. The van der Waals surface area contributed by atoms with E-state index in [0.29, 0.717) is 16.9 Å². The zero-order valence-electron chi connectivity index (χ0n) is 15.4. The molecule has 0 aliphatic carbocycles. The highest BCUT2D eigenvalue weighted by atomic mass is 32.1. The Morgan fingerprint density at radius 3 is 2.31 bits per heavy atom. The summed E-state index contributed by atoms with van der Waals surface area (Å²) in [5.74, 6) is 0.677. The van der Waals surface area contributed by atoms with Gasteiger partial charge >= 0.3 is 0 Å². The highest BCUT2D eigenvalue weighted by molar-refractivity contribution is 7.13. The fourth-order valence-electron chi connectivity index (χ4n) is 3.35. The van der Waals surface area contributed by atoms with Gasteiger partial charge in [0, 0.05) is 17.4 Å². The third-order valence-electron chi connectivity index (χ3n) is 4.70. The number of nitrogens with zero attached hydrogens (tertiary/aromatic N) is 2. The van der Waals surface area contributed by atoms with Crippen molar-refractivity contribution in [2.24, 2.45) is 0 Å². The van der Waals surface area contributed by atoms with Gasteiger partial charge < -0.3 is 5.32 Å². The summed E-state index contributed by atoms with van der Waals surface area (Å²) in [6.45, 7) is 0. The van der Waals surface area contributed by atoms with Crippen molar-refractivity contribution < 1.29 is 0 Å². The Morgan fingerprint density at radius 2 is 1.59 bits per heavy atom. The molecule has 0 saturated heterocycles. The molecular formula is C24H17N3OS. The normalized spacial score (nSPS) is 10.9. The molecule has 2 aromatic carbocycles. The average molecular weight is 395 g/mol. The van der Waals surface area contributed by atoms with Gasteiger partial charge in [0.15, 0.2) is 11.1 Å². The van der Waals surface area contributed by atoms with Crippen LogP contribution in [0.15, 0.2) is 101 Å². The Kier molecular flexibility index (Phi) is 4.42. The number of hydrogen-bond acceptors (Lipinski definition) is 4. The molecule has 5 rings (SSSR count). The van der Waals surface area contributed by atoms with E-state index in [-0.39, 0.29) is 5.43 Å². The molecule has 0 aliphatic heterocycles. The summed E-state index contributed by atoms with van der Waals surface area (Å²) >= 11 is 1.63. The first-order valence-electron chi connectivity index (χ1n) is 9.28. The van der Waals surface area contributed by atoms with Gasteiger partial charge in [0.1, 0.15) is 5.82 Å². The largest absolute Gasteiger partial charge is 0.341 e. The first-order valence-corrected chi connectivity index (χ1v) is 10.2. The summed E-state index contributed by atoms with van der Waals surface area (Å²) in [6, 6.07) is 29.2. The summed E-state index contributed by atoms with van der Waals surface area (Å²) in [6.07, 6.45) is 0. The lowest BCUT2D eigenvalue weighted by atomic mass is 10.2. The van der Waals surface area contributed by atoms with Gasteiger partial charge in [-0.2, -0.15) is 0 Å². The number of thiophene rings is 1. The van der Waals surface area contributed by atoms with E-state index in [9.17, 15) is 4.79 Å². The topological polar surface area (TPSA) is 46.9 Å². The van der Waals surface area contributed by atoms with Gasteiger partial charge in [-0.15, -0.1) is 11.3 Å². The Balaban J connectivity index is 1.80. The van der Waals surface area contributed by atoms with Crippen LogP contribution in [0.1, 0.15) is 0 Å². The van der Waals surface area contributed by atoms with Crippen molar-refractivity contribution >= 4 is 33.9 Å². The number of aromatic nitrogens is 2. The van der Waals surface area contributed by atoms with Crippen LogP contribution < -0.4 is 10.7 Å². The molecular weight excluding hydrogens is 378 g/mol. The number of hydrogen-bond donors (Lipinski definition) is 1. The first-order chi connectivity index (χ1) is 14.3. The van der Waals surface area contributed by atoms with Crippen LogP contribution in [0.4, 0.5) is 11.5 Å². The van der Waals surface area contributed by atoms with Crippen LogP contribution >= 0.6 is 11.3 Å². The van der Waals surface area contributed by atoms with Crippen molar-refractivity contribution in [1.82, 2.24) is 9.55 Å². The summed E-state index contributed by atoms with van der Waals surface area (Å²) in [7, 11) is 0. The van der Waals surface area contributed by atoms with Gasteiger partial charge in [0.05, 0.1) is 16.0 Å². The van der Waals surface area contributed by atoms with E-state index in [1.807, 2.05) is 94.9 Å². The lowest BCUT2D eigenvalue weighted by molar-refractivity contribution is 1.07. The minimum absolute atomic E-state index is 0.0594. The van der Waals surface area contributed by atoms with Gasteiger partial charge in [-0.25, -0.2) is 4.98 Å². The van der Waals surface area contributed by atoms with Gasteiger partial charge in [-0.3, -0.25) is 9.36 Å². The Hall–Kier alpha value is -3.70. The van der Waals surface area contributed by atoms with Crippen molar-refractivity contribution in [2.75, 3.05) is 5.32 Å². The third kappa shape index (κ3) is 3.32. The molecule has 5 aromatic rings. The average Bonchev–Trinajstić information content (AvgIpc) is 3.30. The fraction of sp³-hybridized carbons (Fsp3) is 0. The lowest BCUT2D eigenvalue weighted by Gasteiger charge is -2.18. The van der Waals surface area contributed by atoms with Crippen molar-refractivity contribution in [1.29, 1.82) is 0 Å². The molecule has 5 heteroatoms. The number of nitrogens with one attached hydrogen (secondary N) is 1. The van der Waals surface area contributed by atoms with Crippen LogP contribution in [0.3, 0.4) is 0 Å². The van der Waals surface area contributed by atoms with Crippen molar-refractivity contribution in [3.8, 4) is 16.3 Å². The van der Waals surface area contributed by atoms with Gasteiger partial charge in [0.2, 0.25) is 0 Å². The molecule has 0 saturated carbocycles. The van der Waals surface area contributed by atoms with E-state index in [0.717, 1.165) is 21.9 Å². The maximum absolute atomic E-state index is 12.9. The first kappa shape index (κ1) is 17.4. The van der Waals surface area contributed by atoms with Gasteiger partial charge in [-0.05, 0) is 47.8 Å². The summed E-state index contributed by atoms with van der Waals surface area (Å²) in [5, 5.41) is 6.00. The molecule has 0 bridgehead atoms. The van der Waals surface area contributed by atoms with Crippen LogP contribution in [-0.4, -0.2) is 9.55 Å². The second-order valence-corrected chi connectivity index (χ2v) is 7.55. The van der Waals surface area contributed by atoms with Crippen molar-refractivity contribution in [2.45, 2.75) is 0 Å². The van der Waals surface area contributed by atoms with E-state index in [2.05, 4.69) is 5.32 Å². The number of fused-ring (bicyclic) bond motifs is 1. The molecule has 4 nitrogen and oxygen atoms in total. The highest BCUT2D eigenvalue weighted by Gasteiger charge is 2.14. The predicted octanol–water partition coefficient (Wildman–Crippen LogP) is 5.86. The summed E-state index contributed by atoms with van der Waals surface area (Å²) < 4.78 is 2.00. The Bertz CT molecular complexity index is 1330. The maximum Gasteiger partial charge on any atom is 0.193 e. The molecule has 29 heavy (non-hydrogen) atoms. The van der Waals surface area contributed by atoms with E-state index >= 15 is 0 Å². The second-order valence-electron chi connectivity index (χ2n) is 6.60. The number of rotatable bonds is 4. The summed E-state index contributed by atoms with van der Waals surface area (Å²) in [5.41, 5.74) is 3.27. The summed E-state index contributed by atoms with van der Waals surface area (Å²) in [4.78, 5) is 18.8. The van der Waals surface area contributed by atoms with E-state index in [1.54, 1.807) is 17.4 Å². The van der Waals surface area contributed by atoms with Crippen molar-refractivity contribution in [3.63, 3.8) is 0 Å². The van der Waals surface area contributed by atoms with Crippen LogP contribution in [0, 0.1) is 0 Å². The number of benzene rings is 2. The molecule has 0 fully saturated rings. The Labute approximate surface area is 171 Å². The Morgan fingerprint density at radius 1 is 0.828 bits per heavy atom. The zero-order chi connectivity index (χ0) is 19.6. The van der Waals surface area contributed by atoms with Gasteiger partial charge in [0.25, 0.3) is 0 Å². The van der Waals surface area contributed by atoms with Crippen LogP contribution in [-0.2, 0) is 0 Å². The SMILES string of the molecule is O=c1cc(Nc2ccccc2)n(-c2ccccc2)c2nc(-c3cccs3)ccc12. The standard InChI is InChI=1S/C24H17N3OS/c28-21-16-23(25-17-8-3-1-4-9-17)27(18-10-5-2-6-11-18)24-19(21)13-14-20(26-24)22-12-7-15-29-22/h1-16,25H. The molecule has 140 valence electrons. The molecule has 3 heterocycles. The van der Waals surface area contributed by atoms with E-state index in [4.69, 9.17) is 4.98 Å². The predicted molar refractivity (Wildman–Crippen MR) is 120 cm³/mol. The number of anilines is 2. The van der Waals surface area contributed by atoms with Crippen molar-refractivity contribution in [3.05, 3.63) is 107 Å².